The molecule has 86 valence electrons. The first-order valence-corrected chi connectivity index (χ1v) is 6.66. The number of rotatable bonds is 6. The smallest absolute Gasteiger partial charge is 0.00483 e. The monoisotopic (exact) mass is 225 g/mol. The third-order valence-electron chi connectivity index (χ3n) is 2.94. The van der Waals surface area contributed by atoms with Crippen LogP contribution in [0, 0.1) is 5.41 Å². The zero-order valence-corrected chi connectivity index (χ0v) is 11.0. The Kier molecular flexibility index (Phi) is 4.81. The van der Waals surface area contributed by atoms with Gasteiger partial charge in [-0.05, 0) is 49.8 Å². The van der Waals surface area contributed by atoms with Crippen molar-refractivity contribution < 1.29 is 0 Å². The van der Waals surface area contributed by atoms with Gasteiger partial charge in [-0.15, -0.1) is 11.3 Å². The molecule has 0 aromatic carbocycles. The number of nitrogens with two attached hydrogens (primary N) is 1. The van der Waals surface area contributed by atoms with Crippen molar-refractivity contribution in [2.75, 3.05) is 6.54 Å². The third-order valence-corrected chi connectivity index (χ3v) is 4.22. The summed E-state index contributed by atoms with van der Waals surface area (Å²) in [5.74, 6) is 0. The van der Waals surface area contributed by atoms with E-state index in [0.29, 0.717) is 5.41 Å². The van der Waals surface area contributed by atoms with Crippen LogP contribution < -0.4 is 5.73 Å². The van der Waals surface area contributed by atoms with E-state index in [2.05, 4.69) is 32.9 Å². The van der Waals surface area contributed by atoms with E-state index in [1.165, 1.54) is 22.6 Å². The maximum absolute atomic E-state index is 5.61. The largest absolute Gasteiger partial charge is 0.330 e. The molecule has 0 bridgehead atoms. The lowest BCUT2D eigenvalue weighted by atomic mass is 9.84. The average Bonchev–Trinajstić information content (AvgIpc) is 2.62. The van der Waals surface area contributed by atoms with Crippen molar-refractivity contribution in [2.24, 2.45) is 11.1 Å². The van der Waals surface area contributed by atoms with E-state index in [0.717, 1.165) is 19.4 Å². The molecule has 0 fully saturated rings. The van der Waals surface area contributed by atoms with Gasteiger partial charge in [-0.1, -0.05) is 20.8 Å². The molecule has 0 unspecified atom stereocenters. The lowest BCUT2D eigenvalue weighted by Crippen LogP contribution is -2.17. The summed E-state index contributed by atoms with van der Waals surface area (Å²) in [5.41, 5.74) is 6.01. The predicted molar refractivity (Wildman–Crippen MR) is 69.5 cm³/mol. The molecule has 0 aliphatic heterocycles. The van der Waals surface area contributed by atoms with Crippen LogP contribution in [-0.4, -0.2) is 6.54 Å². The minimum Gasteiger partial charge on any atom is -0.330 e. The van der Waals surface area contributed by atoms with E-state index in [9.17, 15) is 0 Å². The standard InChI is InChI=1S/C13H23NS/c1-4-11-5-6-12(15-11)7-8-13(2,3)9-10-14/h5-6H,4,7-10,14H2,1-3H3. The van der Waals surface area contributed by atoms with Gasteiger partial charge in [-0.3, -0.25) is 0 Å². The first kappa shape index (κ1) is 12.7. The summed E-state index contributed by atoms with van der Waals surface area (Å²) < 4.78 is 0. The van der Waals surface area contributed by atoms with Crippen molar-refractivity contribution >= 4 is 11.3 Å². The minimum absolute atomic E-state index is 0.394. The highest BCUT2D eigenvalue weighted by Gasteiger charge is 2.16. The van der Waals surface area contributed by atoms with Gasteiger partial charge in [-0.25, -0.2) is 0 Å². The summed E-state index contributed by atoms with van der Waals surface area (Å²) in [6.45, 7) is 7.65. The predicted octanol–water partition coefficient (Wildman–Crippen LogP) is 3.62. The molecule has 1 aromatic rings. The molecule has 2 N–H and O–H groups in total. The highest BCUT2D eigenvalue weighted by atomic mass is 32.1. The van der Waals surface area contributed by atoms with Crippen LogP contribution >= 0.6 is 11.3 Å². The van der Waals surface area contributed by atoms with E-state index in [1.54, 1.807) is 0 Å². The Morgan fingerprint density at radius 3 is 2.40 bits per heavy atom. The number of aryl methyl sites for hydroxylation is 2. The van der Waals surface area contributed by atoms with Gasteiger partial charge in [-0.2, -0.15) is 0 Å². The Bertz CT molecular complexity index is 288. The first-order valence-electron chi connectivity index (χ1n) is 5.85. The van der Waals surface area contributed by atoms with Crippen LogP contribution in [0.5, 0.6) is 0 Å². The maximum atomic E-state index is 5.61. The van der Waals surface area contributed by atoms with Gasteiger partial charge in [0.25, 0.3) is 0 Å². The van der Waals surface area contributed by atoms with Crippen molar-refractivity contribution in [1.29, 1.82) is 0 Å². The van der Waals surface area contributed by atoms with Gasteiger partial charge < -0.3 is 5.73 Å². The fourth-order valence-corrected chi connectivity index (χ4v) is 2.68. The fraction of sp³-hybridized carbons (Fsp3) is 0.692. The molecule has 15 heavy (non-hydrogen) atoms. The molecule has 1 rings (SSSR count). The van der Waals surface area contributed by atoms with Crippen molar-refractivity contribution in [3.63, 3.8) is 0 Å². The molecule has 0 amide bonds. The lowest BCUT2D eigenvalue weighted by Gasteiger charge is -2.23. The summed E-state index contributed by atoms with van der Waals surface area (Å²) >= 11 is 1.96. The Labute approximate surface area is 97.7 Å². The molecule has 0 aliphatic carbocycles. The van der Waals surface area contributed by atoms with Crippen molar-refractivity contribution in [3.8, 4) is 0 Å². The second kappa shape index (κ2) is 5.66. The van der Waals surface area contributed by atoms with E-state index in [1.807, 2.05) is 11.3 Å². The van der Waals surface area contributed by atoms with Crippen LogP contribution in [0.25, 0.3) is 0 Å². The van der Waals surface area contributed by atoms with E-state index in [-0.39, 0.29) is 0 Å². The molecule has 2 heteroatoms. The number of hydrogen-bond acceptors (Lipinski definition) is 2. The average molecular weight is 225 g/mol. The Balaban J connectivity index is 2.42. The highest BCUT2D eigenvalue weighted by Crippen LogP contribution is 2.28. The second-order valence-corrected chi connectivity index (χ2v) is 6.18. The van der Waals surface area contributed by atoms with Crippen LogP contribution in [0.4, 0.5) is 0 Å². The van der Waals surface area contributed by atoms with E-state index < -0.39 is 0 Å². The number of thiophene rings is 1. The lowest BCUT2D eigenvalue weighted by molar-refractivity contribution is 0.314. The molecular weight excluding hydrogens is 202 g/mol. The van der Waals surface area contributed by atoms with Crippen LogP contribution in [-0.2, 0) is 12.8 Å². The molecule has 0 saturated carbocycles. The summed E-state index contributed by atoms with van der Waals surface area (Å²) in [5, 5.41) is 0. The maximum Gasteiger partial charge on any atom is 0.00483 e. The van der Waals surface area contributed by atoms with Crippen LogP contribution in [0.3, 0.4) is 0 Å². The van der Waals surface area contributed by atoms with E-state index >= 15 is 0 Å². The Morgan fingerprint density at radius 2 is 1.87 bits per heavy atom. The molecule has 0 radical (unpaired) electrons. The normalized spacial score (nSPS) is 12.0. The third kappa shape index (κ3) is 4.35. The van der Waals surface area contributed by atoms with Crippen molar-refractivity contribution in [3.05, 3.63) is 21.9 Å². The molecule has 0 atom stereocenters. The highest BCUT2D eigenvalue weighted by molar-refractivity contribution is 7.11. The van der Waals surface area contributed by atoms with Gasteiger partial charge in [0.05, 0.1) is 0 Å². The molecule has 0 spiro atoms. The quantitative estimate of drug-likeness (QED) is 0.786. The molecule has 1 nitrogen and oxygen atoms in total. The summed E-state index contributed by atoms with van der Waals surface area (Å²) in [6, 6.07) is 4.54. The van der Waals surface area contributed by atoms with Gasteiger partial charge in [0, 0.05) is 9.75 Å². The van der Waals surface area contributed by atoms with Gasteiger partial charge in [0.2, 0.25) is 0 Å². The first-order chi connectivity index (χ1) is 7.07. The topological polar surface area (TPSA) is 26.0 Å². The zero-order chi connectivity index (χ0) is 11.3. The fourth-order valence-electron chi connectivity index (χ4n) is 1.72. The Morgan fingerprint density at radius 1 is 1.20 bits per heavy atom. The molecule has 1 aromatic heterocycles. The molecule has 0 saturated heterocycles. The summed E-state index contributed by atoms with van der Waals surface area (Å²) in [4.78, 5) is 3.03. The zero-order valence-electron chi connectivity index (χ0n) is 10.2. The van der Waals surface area contributed by atoms with E-state index in [4.69, 9.17) is 5.73 Å². The van der Waals surface area contributed by atoms with Crippen LogP contribution in [0.15, 0.2) is 12.1 Å². The SMILES string of the molecule is CCc1ccc(CCC(C)(C)CCN)s1. The summed E-state index contributed by atoms with van der Waals surface area (Å²) in [7, 11) is 0. The van der Waals surface area contributed by atoms with Crippen LogP contribution in [0.1, 0.15) is 43.4 Å². The molecule has 0 aliphatic rings. The molecule has 1 heterocycles. The Hall–Kier alpha value is -0.340. The van der Waals surface area contributed by atoms with Gasteiger partial charge in [0.15, 0.2) is 0 Å². The number of hydrogen-bond donors (Lipinski definition) is 1. The molecular formula is C13H23NS. The summed E-state index contributed by atoms with van der Waals surface area (Å²) in [6.07, 6.45) is 4.74. The second-order valence-electron chi connectivity index (χ2n) is 4.92. The van der Waals surface area contributed by atoms with Crippen molar-refractivity contribution in [2.45, 2.75) is 46.5 Å². The van der Waals surface area contributed by atoms with Crippen molar-refractivity contribution in [1.82, 2.24) is 0 Å². The van der Waals surface area contributed by atoms with Gasteiger partial charge in [0.1, 0.15) is 0 Å². The van der Waals surface area contributed by atoms with Crippen LogP contribution in [0.2, 0.25) is 0 Å². The minimum atomic E-state index is 0.394. The van der Waals surface area contributed by atoms with Gasteiger partial charge >= 0.3 is 0 Å².